The van der Waals surface area contributed by atoms with Crippen molar-refractivity contribution in [3.63, 3.8) is 0 Å². The molecule has 3 rings (SSSR count). The van der Waals surface area contributed by atoms with Gasteiger partial charge in [-0.2, -0.15) is 0 Å². The second-order valence-electron chi connectivity index (χ2n) is 6.77. The van der Waals surface area contributed by atoms with E-state index >= 15 is 0 Å². The molecule has 2 unspecified atom stereocenters. The van der Waals surface area contributed by atoms with Crippen LogP contribution >= 0.6 is 0 Å². The summed E-state index contributed by atoms with van der Waals surface area (Å²) in [5.74, 6) is 2.36. The molecule has 1 aromatic rings. The van der Waals surface area contributed by atoms with Crippen LogP contribution in [0.1, 0.15) is 25.3 Å². The number of aliphatic imine (C=N–C) groups is 1. The molecule has 0 amide bonds. The highest BCUT2D eigenvalue weighted by molar-refractivity contribution is 5.80. The Morgan fingerprint density at radius 1 is 1.19 bits per heavy atom. The van der Waals surface area contributed by atoms with Gasteiger partial charge in [0.2, 0.25) is 0 Å². The lowest BCUT2D eigenvalue weighted by Gasteiger charge is -2.37. The summed E-state index contributed by atoms with van der Waals surface area (Å²) >= 11 is 0. The summed E-state index contributed by atoms with van der Waals surface area (Å²) in [6, 6.07) is 5.90. The van der Waals surface area contributed by atoms with Crippen molar-refractivity contribution in [1.82, 2.24) is 10.2 Å². The van der Waals surface area contributed by atoms with E-state index in [2.05, 4.69) is 17.1 Å². The zero-order valence-electron chi connectivity index (χ0n) is 16.6. The van der Waals surface area contributed by atoms with Crippen molar-refractivity contribution in [3.05, 3.63) is 23.8 Å². The van der Waals surface area contributed by atoms with E-state index in [1.165, 1.54) is 0 Å². The van der Waals surface area contributed by atoms with Gasteiger partial charge in [-0.15, -0.1) is 0 Å². The molecule has 150 valence electrons. The molecule has 0 spiro atoms. The van der Waals surface area contributed by atoms with Crippen molar-refractivity contribution < 1.29 is 18.9 Å². The van der Waals surface area contributed by atoms with Crippen LogP contribution in [-0.2, 0) is 16.0 Å². The van der Waals surface area contributed by atoms with Crippen LogP contribution in [0.2, 0.25) is 0 Å². The van der Waals surface area contributed by atoms with Crippen LogP contribution in [0.15, 0.2) is 23.2 Å². The maximum atomic E-state index is 5.96. The van der Waals surface area contributed by atoms with Crippen LogP contribution in [0.5, 0.6) is 11.5 Å². The first-order valence-electron chi connectivity index (χ1n) is 9.72. The van der Waals surface area contributed by atoms with E-state index in [0.717, 1.165) is 62.1 Å². The predicted octanol–water partition coefficient (Wildman–Crippen LogP) is 2.05. The number of rotatable bonds is 6. The van der Waals surface area contributed by atoms with E-state index in [1.54, 1.807) is 14.2 Å². The topological polar surface area (TPSA) is 64.6 Å². The first-order valence-corrected chi connectivity index (χ1v) is 9.72. The number of nitrogens with one attached hydrogen (secondary N) is 1. The lowest BCUT2D eigenvalue weighted by molar-refractivity contribution is -0.0817. The molecule has 7 nitrogen and oxygen atoms in total. The van der Waals surface area contributed by atoms with E-state index in [1.807, 2.05) is 18.2 Å². The van der Waals surface area contributed by atoms with Gasteiger partial charge in [-0.3, -0.25) is 0 Å². The molecule has 0 aliphatic carbocycles. The number of hydrogen-bond donors (Lipinski definition) is 1. The third-order valence-corrected chi connectivity index (χ3v) is 4.97. The number of hydrogen-bond acceptors (Lipinski definition) is 5. The Kier molecular flexibility index (Phi) is 7.18. The van der Waals surface area contributed by atoms with Gasteiger partial charge in [0.15, 0.2) is 17.5 Å². The molecule has 0 saturated carbocycles. The minimum Gasteiger partial charge on any atom is -0.493 e. The predicted molar refractivity (Wildman–Crippen MR) is 105 cm³/mol. The Labute approximate surface area is 161 Å². The largest absolute Gasteiger partial charge is 0.493 e. The number of morpholine rings is 1. The minimum atomic E-state index is 0.117. The molecule has 27 heavy (non-hydrogen) atoms. The van der Waals surface area contributed by atoms with E-state index < -0.39 is 0 Å². The molecule has 2 aliphatic rings. The highest BCUT2D eigenvalue weighted by Crippen LogP contribution is 2.28. The Balaban J connectivity index is 1.68. The average molecular weight is 377 g/mol. The van der Waals surface area contributed by atoms with E-state index in [4.69, 9.17) is 23.9 Å². The van der Waals surface area contributed by atoms with Gasteiger partial charge in [0.25, 0.3) is 0 Å². The summed E-state index contributed by atoms with van der Waals surface area (Å²) in [5.41, 5.74) is 1.08. The Morgan fingerprint density at radius 2 is 2.00 bits per heavy atom. The summed E-state index contributed by atoms with van der Waals surface area (Å²) in [4.78, 5) is 7.12. The molecule has 7 heteroatoms. The van der Waals surface area contributed by atoms with Crippen molar-refractivity contribution in [2.45, 2.75) is 38.5 Å². The van der Waals surface area contributed by atoms with Gasteiger partial charge in [0.05, 0.1) is 33.5 Å². The fourth-order valence-corrected chi connectivity index (χ4v) is 3.56. The van der Waals surface area contributed by atoms with Crippen molar-refractivity contribution in [1.29, 1.82) is 0 Å². The van der Waals surface area contributed by atoms with E-state index in [-0.39, 0.29) is 12.2 Å². The third-order valence-electron chi connectivity index (χ3n) is 4.97. The second kappa shape index (κ2) is 9.80. The Morgan fingerprint density at radius 3 is 2.70 bits per heavy atom. The maximum Gasteiger partial charge on any atom is 0.194 e. The molecule has 1 aromatic carbocycles. The summed E-state index contributed by atoms with van der Waals surface area (Å²) in [7, 11) is 3.29. The van der Waals surface area contributed by atoms with Gasteiger partial charge in [-0.25, -0.2) is 4.99 Å². The van der Waals surface area contributed by atoms with Crippen molar-refractivity contribution in [2.24, 2.45) is 4.99 Å². The summed E-state index contributed by atoms with van der Waals surface area (Å²) in [5, 5.41) is 3.41. The van der Waals surface area contributed by atoms with Crippen molar-refractivity contribution >= 4 is 5.96 Å². The summed E-state index contributed by atoms with van der Waals surface area (Å²) < 4.78 is 22.5. The molecule has 0 radical (unpaired) electrons. The number of guanidine groups is 1. The monoisotopic (exact) mass is 377 g/mol. The quantitative estimate of drug-likeness (QED) is 0.605. The fraction of sp³-hybridized carbons (Fsp3) is 0.650. The van der Waals surface area contributed by atoms with E-state index in [9.17, 15) is 0 Å². The smallest absolute Gasteiger partial charge is 0.194 e. The minimum absolute atomic E-state index is 0.117. The van der Waals surface area contributed by atoms with Crippen molar-refractivity contribution in [2.75, 3.05) is 47.1 Å². The second-order valence-corrected chi connectivity index (χ2v) is 6.77. The number of nitrogens with zero attached hydrogens (tertiary/aromatic N) is 2. The number of ether oxygens (including phenoxy) is 4. The van der Waals surface area contributed by atoms with Gasteiger partial charge in [-0.05, 0) is 37.5 Å². The molecule has 2 saturated heterocycles. The van der Waals surface area contributed by atoms with Gasteiger partial charge in [0.1, 0.15) is 6.10 Å². The SMILES string of the molecule is CCNC(=NCc1ccc(OC)c(OC)c1)N1CCOC(C2CCCO2)C1. The van der Waals surface area contributed by atoms with Gasteiger partial charge < -0.3 is 29.2 Å². The van der Waals surface area contributed by atoms with Gasteiger partial charge in [-0.1, -0.05) is 6.07 Å². The van der Waals surface area contributed by atoms with Crippen LogP contribution in [-0.4, -0.2) is 70.1 Å². The maximum absolute atomic E-state index is 5.96. The molecule has 2 atom stereocenters. The van der Waals surface area contributed by atoms with Crippen LogP contribution in [0.4, 0.5) is 0 Å². The highest BCUT2D eigenvalue weighted by Gasteiger charge is 2.32. The molecule has 2 fully saturated rings. The molecule has 2 aliphatic heterocycles. The molecular formula is C20H31N3O4. The third kappa shape index (κ3) is 5.05. The summed E-state index contributed by atoms with van der Waals surface area (Å²) in [6.07, 6.45) is 2.53. The first kappa shape index (κ1) is 19.8. The Hall–Kier alpha value is -1.99. The van der Waals surface area contributed by atoms with Crippen molar-refractivity contribution in [3.8, 4) is 11.5 Å². The van der Waals surface area contributed by atoms with Crippen LogP contribution in [0, 0.1) is 0 Å². The Bertz CT molecular complexity index is 632. The fourth-order valence-electron chi connectivity index (χ4n) is 3.56. The molecule has 0 aromatic heterocycles. The summed E-state index contributed by atoms with van der Waals surface area (Å²) in [6.45, 7) is 6.67. The van der Waals surface area contributed by atoms with Crippen LogP contribution < -0.4 is 14.8 Å². The van der Waals surface area contributed by atoms with E-state index in [0.29, 0.717) is 13.2 Å². The first-order chi connectivity index (χ1) is 13.2. The zero-order chi connectivity index (χ0) is 19.1. The van der Waals surface area contributed by atoms with Gasteiger partial charge in [0, 0.05) is 26.2 Å². The zero-order valence-corrected chi connectivity index (χ0v) is 16.6. The van der Waals surface area contributed by atoms with Crippen LogP contribution in [0.25, 0.3) is 0 Å². The standard InChI is InChI=1S/C20H31N3O4/c1-4-21-20(22-13-15-7-8-16(24-2)18(12-15)25-3)23-9-11-27-19(14-23)17-6-5-10-26-17/h7-8,12,17,19H,4-6,9-11,13-14H2,1-3H3,(H,21,22). The normalized spacial score (nSPS) is 23.4. The average Bonchev–Trinajstić information content (AvgIpc) is 3.26. The highest BCUT2D eigenvalue weighted by atomic mass is 16.5. The molecule has 1 N–H and O–H groups in total. The lowest BCUT2D eigenvalue weighted by Crippen LogP contribution is -2.53. The number of benzene rings is 1. The lowest BCUT2D eigenvalue weighted by atomic mass is 10.1. The number of methoxy groups -OCH3 is 2. The molecular weight excluding hydrogens is 346 g/mol. The molecule has 0 bridgehead atoms. The van der Waals surface area contributed by atoms with Gasteiger partial charge >= 0.3 is 0 Å². The molecule has 2 heterocycles. The van der Waals surface area contributed by atoms with Crippen LogP contribution in [0.3, 0.4) is 0 Å².